The van der Waals surface area contributed by atoms with Crippen molar-refractivity contribution in [2.75, 3.05) is 7.05 Å². The monoisotopic (exact) mass is 298 g/mol. The smallest absolute Gasteiger partial charge is 0.273 e. The summed E-state index contributed by atoms with van der Waals surface area (Å²) in [6, 6.07) is 7.68. The van der Waals surface area contributed by atoms with Gasteiger partial charge in [0.2, 0.25) is 0 Å². The van der Waals surface area contributed by atoms with E-state index in [0.717, 1.165) is 21.7 Å². The van der Waals surface area contributed by atoms with Gasteiger partial charge >= 0.3 is 0 Å². The highest BCUT2D eigenvalue weighted by Gasteiger charge is 2.15. The number of amides is 1. The molecule has 21 heavy (non-hydrogen) atoms. The number of para-hydroxylation sites is 2. The fraction of sp³-hybridized carbons (Fsp3) is 0.200. The van der Waals surface area contributed by atoms with Gasteiger partial charge < -0.3 is 4.90 Å². The predicted molar refractivity (Wildman–Crippen MR) is 82.2 cm³/mol. The van der Waals surface area contributed by atoms with Crippen molar-refractivity contribution in [3.8, 4) is 0 Å². The average Bonchev–Trinajstić information content (AvgIpc) is 2.93. The summed E-state index contributed by atoms with van der Waals surface area (Å²) in [5.41, 5.74) is 2.93. The average molecular weight is 298 g/mol. The molecular formula is C15H14N4OS. The normalized spacial score (nSPS) is 10.8. The molecule has 1 aromatic carbocycles. The first-order valence-corrected chi connectivity index (χ1v) is 7.40. The van der Waals surface area contributed by atoms with Crippen molar-refractivity contribution in [1.29, 1.82) is 0 Å². The summed E-state index contributed by atoms with van der Waals surface area (Å²) in [7, 11) is 1.74. The molecule has 1 amide bonds. The number of hydrogen-bond acceptors (Lipinski definition) is 5. The van der Waals surface area contributed by atoms with Gasteiger partial charge in [-0.05, 0) is 19.1 Å². The molecule has 0 N–H and O–H groups in total. The van der Waals surface area contributed by atoms with Crippen LogP contribution in [-0.2, 0) is 6.54 Å². The lowest BCUT2D eigenvalue weighted by Gasteiger charge is -2.15. The maximum atomic E-state index is 12.2. The van der Waals surface area contributed by atoms with Gasteiger partial charge in [0.25, 0.3) is 5.91 Å². The molecule has 0 aliphatic heterocycles. The quantitative estimate of drug-likeness (QED) is 0.746. The van der Waals surface area contributed by atoms with Crippen LogP contribution in [0.15, 0.2) is 35.8 Å². The number of carbonyl (C=O) groups excluding carboxylic acids is 1. The summed E-state index contributed by atoms with van der Waals surface area (Å²) in [6.45, 7) is 2.30. The fourth-order valence-corrected chi connectivity index (χ4v) is 2.63. The molecular weight excluding hydrogens is 284 g/mol. The first-order valence-electron chi connectivity index (χ1n) is 6.52. The van der Waals surface area contributed by atoms with Crippen LogP contribution in [0.4, 0.5) is 0 Å². The molecule has 5 nitrogen and oxygen atoms in total. The number of rotatable bonds is 3. The third kappa shape index (κ3) is 2.90. The molecule has 0 radical (unpaired) electrons. The summed E-state index contributed by atoms with van der Waals surface area (Å²) in [4.78, 5) is 26.9. The molecule has 2 heterocycles. The summed E-state index contributed by atoms with van der Waals surface area (Å²) >= 11 is 1.47. The van der Waals surface area contributed by atoms with Crippen molar-refractivity contribution in [1.82, 2.24) is 19.9 Å². The van der Waals surface area contributed by atoms with Crippen molar-refractivity contribution >= 4 is 28.3 Å². The lowest BCUT2D eigenvalue weighted by atomic mass is 10.3. The molecule has 0 aliphatic carbocycles. The zero-order valence-electron chi connectivity index (χ0n) is 11.8. The molecule has 0 saturated heterocycles. The van der Waals surface area contributed by atoms with Gasteiger partial charge in [0.15, 0.2) is 0 Å². The van der Waals surface area contributed by atoms with Crippen molar-refractivity contribution in [2.24, 2.45) is 0 Å². The molecule has 3 rings (SSSR count). The van der Waals surface area contributed by atoms with E-state index in [9.17, 15) is 4.79 Å². The SMILES string of the molecule is Cc1nc(C(=O)N(C)Cc2cnc3ccccc3n2)cs1. The Hall–Kier alpha value is -2.34. The van der Waals surface area contributed by atoms with E-state index >= 15 is 0 Å². The van der Waals surface area contributed by atoms with E-state index in [1.807, 2.05) is 31.2 Å². The first kappa shape index (κ1) is 13.6. The Morgan fingerprint density at radius 1 is 1.24 bits per heavy atom. The van der Waals surface area contributed by atoms with Crippen LogP contribution >= 0.6 is 11.3 Å². The van der Waals surface area contributed by atoms with Crippen molar-refractivity contribution in [3.05, 3.63) is 52.2 Å². The van der Waals surface area contributed by atoms with Crippen LogP contribution in [0.3, 0.4) is 0 Å². The highest BCUT2D eigenvalue weighted by atomic mass is 32.1. The molecule has 2 aromatic heterocycles. The molecule has 0 unspecified atom stereocenters. The Morgan fingerprint density at radius 3 is 2.71 bits per heavy atom. The van der Waals surface area contributed by atoms with Gasteiger partial charge in [-0.15, -0.1) is 11.3 Å². The zero-order valence-corrected chi connectivity index (χ0v) is 12.6. The molecule has 0 saturated carbocycles. The van der Waals surface area contributed by atoms with E-state index in [4.69, 9.17) is 0 Å². The summed E-state index contributed by atoms with van der Waals surface area (Å²) in [5, 5.41) is 2.66. The maximum absolute atomic E-state index is 12.2. The van der Waals surface area contributed by atoms with Crippen LogP contribution in [0, 0.1) is 6.92 Å². The maximum Gasteiger partial charge on any atom is 0.273 e. The van der Waals surface area contributed by atoms with Crippen LogP contribution in [0.1, 0.15) is 21.2 Å². The number of aryl methyl sites for hydroxylation is 1. The van der Waals surface area contributed by atoms with E-state index in [0.29, 0.717) is 12.2 Å². The summed E-state index contributed by atoms with van der Waals surface area (Å²) < 4.78 is 0. The number of thiazole rings is 1. The third-order valence-electron chi connectivity index (χ3n) is 3.08. The molecule has 0 spiro atoms. The van der Waals surface area contributed by atoms with Crippen molar-refractivity contribution < 1.29 is 4.79 Å². The minimum absolute atomic E-state index is 0.102. The van der Waals surface area contributed by atoms with E-state index < -0.39 is 0 Å². The molecule has 0 atom stereocenters. The Kier molecular flexibility index (Phi) is 3.62. The van der Waals surface area contributed by atoms with Crippen LogP contribution in [0.25, 0.3) is 11.0 Å². The highest BCUT2D eigenvalue weighted by Crippen LogP contribution is 2.13. The first-order chi connectivity index (χ1) is 10.1. The number of carbonyl (C=O) groups is 1. The van der Waals surface area contributed by atoms with E-state index in [1.165, 1.54) is 11.3 Å². The zero-order chi connectivity index (χ0) is 14.8. The second-order valence-corrected chi connectivity index (χ2v) is 5.83. The highest BCUT2D eigenvalue weighted by molar-refractivity contribution is 7.09. The lowest BCUT2D eigenvalue weighted by molar-refractivity contribution is 0.0778. The van der Waals surface area contributed by atoms with Crippen LogP contribution < -0.4 is 0 Å². The van der Waals surface area contributed by atoms with Gasteiger partial charge in [-0.2, -0.15) is 0 Å². The number of hydrogen-bond donors (Lipinski definition) is 0. The van der Waals surface area contributed by atoms with E-state index in [2.05, 4.69) is 15.0 Å². The summed E-state index contributed by atoms with van der Waals surface area (Å²) in [6.07, 6.45) is 1.71. The van der Waals surface area contributed by atoms with Crippen LogP contribution in [0.2, 0.25) is 0 Å². The molecule has 6 heteroatoms. The predicted octanol–water partition coefficient (Wildman–Crippen LogP) is 2.67. The van der Waals surface area contributed by atoms with Crippen molar-refractivity contribution in [2.45, 2.75) is 13.5 Å². The van der Waals surface area contributed by atoms with Gasteiger partial charge in [-0.1, -0.05) is 12.1 Å². The Labute approximate surface area is 126 Å². The Bertz CT molecular complexity index is 799. The molecule has 0 fully saturated rings. The molecule has 0 aliphatic rings. The number of nitrogens with zero attached hydrogens (tertiary/aromatic N) is 4. The van der Waals surface area contributed by atoms with Crippen molar-refractivity contribution in [3.63, 3.8) is 0 Å². The van der Waals surface area contributed by atoms with Gasteiger partial charge in [0, 0.05) is 12.4 Å². The second-order valence-electron chi connectivity index (χ2n) is 4.76. The van der Waals surface area contributed by atoms with Crippen LogP contribution in [0.5, 0.6) is 0 Å². The van der Waals surface area contributed by atoms with Gasteiger partial charge in [-0.25, -0.2) is 9.97 Å². The van der Waals surface area contributed by atoms with E-state index in [1.54, 1.807) is 23.5 Å². The minimum Gasteiger partial charge on any atom is -0.334 e. The molecule has 106 valence electrons. The van der Waals surface area contributed by atoms with Gasteiger partial charge in [0.1, 0.15) is 5.69 Å². The number of fused-ring (bicyclic) bond motifs is 1. The number of benzene rings is 1. The van der Waals surface area contributed by atoms with E-state index in [-0.39, 0.29) is 5.91 Å². The van der Waals surface area contributed by atoms with Gasteiger partial charge in [-0.3, -0.25) is 9.78 Å². The Balaban J connectivity index is 1.79. The largest absolute Gasteiger partial charge is 0.334 e. The van der Waals surface area contributed by atoms with Gasteiger partial charge in [0.05, 0.1) is 34.5 Å². The molecule has 3 aromatic rings. The third-order valence-corrected chi connectivity index (χ3v) is 3.86. The molecule has 0 bridgehead atoms. The minimum atomic E-state index is -0.102. The summed E-state index contributed by atoms with van der Waals surface area (Å²) in [5.74, 6) is -0.102. The Morgan fingerprint density at radius 2 is 2.00 bits per heavy atom. The fourth-order valence-electron chi connectivity index (χ4n) is 2.04. The topological polar surface area (TPSA) is 59.0 Å². The second kappa shape index (κ2) is 5.57. The number of aromatic nitrogens is 3. The lowest BCUT2D eigenvalue weighted by Crippen LogP contribution is -2.27. The standard InChI is InChI=1S/C15H14N4OS/c1-10-17-14(9-21-10)15(20)19(2)8-11-7-16-12-5-3-4-6-13(12)18-11/h3-7,9H,8H2,1-2H3. The van der Waals surface area contributed by atoms with Crippen LogP contribution in [-0.4, -0.2) is 32.8 Å².